The minimum absolute atomic E-state index is 0.220. The average Bonchev–Trinajstić information content (AvgIpc) is 3.38. The van der Waals surface area contributed by atoms with E-state index in [0.717, 1.165) is 4.88 Å². The van der Waals surface area contributed by atoms with E-state index in [1.165, 1.54) is 35.1 Å². The summed E-state index contributed by atoms with van der Waals surface area (Å²) in [6.45, 7) is 0.860. The summed E-state index contributed by atoms with van der Waals surface area (Å²) in [5.41, 5.74) is 0.553. The number of rotatable bonds is 5. The van der Waals surface area contributed by atoms with E-state index in [-0.39, 0.29) is 23.6 Å². The molecule has 2 fully saturated rings. The molecule has 1 aromatic heterocycles. The molecular weight excluding hydrogens is 392 g/mol. The van der Waals surface area contributed by atoms with E-state index in [1.807, 2.05) is 17.5 Å². The maximum absolute atomic E-state index is 12.7. The van der Waals surface area contributed by atoms with Crippen molar-refractivity contribution in [2.24, 2.45) is 0 Å². The summed E-state index contributed by atoms with van der Waals surface area (Å²) in [6, 6.07) is 2.18. The van der Waals surface area contributed by atoms with Gasteiger partial charge < -0.3 is 24.4 Å². The number of fused-ring (bicyclic) bond motifs is 1. The van der Waals surface area contributed by atoms with E-state index >= 15 is 0 Å². The van der Waals surface area contributed by atoms with Crippen LogP contribution >= 0.6 is 23.1 Å². The molecule has 0 radical (unpaired) electrons. The van der Waals surface area contributed by atoms with Crippen molar-refractivity contribution in [1.29, 1.82) is 0 Å². The molecule has 10 heteroatoms. The lowest BCUT2D eigenvalue weighted by molar-refractivity contribution is -0.163. The molecule has 1 N–H and O–H groups in total. The largest absolute Gasteiger partial charge is 0.467 e. The first kappa shape index (κ1) is 18.5. The standard InChI is InChI=1S/C17H18N2O6S2/c1-23-16(22)13-10(17-24-4-5-25-17)8-27-15-12(14(21)19(13)15)18-11(20)7-9-3-2-6-26-9/h2-3,6,8,12-13,15,17H,4-5,7H2,1H3,(H,18,20)/t12?,13?,15-/m1/s1. The van der Waals surface area contributed by atoms with Gasteiger partial charge in [-0.1, -0.05) is 6.07 Å². The maximum atomic E-state index is 12.7. The predicted octanol–water partition coefficient (Wildman–Crippen LogP) is 0.489. The molecule has 2 amide bonds. The van der Waals surface area contributed by atoms with Crippen molar-refractivity contribution in [2.45, 2.75) is 30.2 Å². The van der Waals surface area contributed by atoms with E-state index in [4.69, 9.17) is 14.2 Å². The van der Waals surface area contributed by atoms with Gasteiger partial charge in [0.25, 0.3) is 0 Å². The number of esters is 1. The number of thioether (sulfide) groups is 1. The number of thiophene rings is 1. The normalized spacial score (nSPS) is 27.6. The van der Waals surface area contributed by atoms with Gasteiger partial charge in [-0.3, -0.25) is 9.59 Å². The minimum Gasteiger partial charge on any atom is -0.467 e. The Morgan fingerprint density at radius 1 is 1.37 bits per heavy atom. The van der Waals surface area contributed by atoms with Crippen molar-refractivity contribution >= 4 is 40.9 Å². The summed E-state index contributed by atoms with van der Waals surface area (Å²) >= 11 is 2.85. The van der Waals surface area contributed by atoms with Crippen LogP contribution in [-0.2, 0) is 35.0 Å². The molecule has 2 saturated heterocycles. The lowest BCUT2D eigenvalue weighted by Gasteiger charge is -2.52. The molecule has 3 atom stereocenters. The smallest absolute Gasteiger partial charge is 0.333 e. The summed E-state index contributed by atoms with van der Waals surface area (Å²) in [6.07, 6.45) is -0.438. The fourth-order valence-electron chi connectivity index (χ4n) is 3.30. The Morgan fingerprint density at radius 3 is 2.81 bits per heavy atom. The highest BCUT2D eigenvalue weighted by Gasteiger charge is 2.57. The Balaban J connectivity index is 1.48. The van der Waals surface area contributed by atoms with Gasteiger partial charge in [0.15, 0.2) is 12.3 Å². The van der Waals surface area contributed by atoms with Crippen molar-refractivity contribution in [3.63, 3.8) is 0 Å². The monoisotopic (exact) mass is 410 g/mol. The Morgan fingerprint density at radius 2 is 2.15 bits per heavy atom. The third kappa shape index (κ3) is 3.38. The summed E-state index contributed by atoms with van der Waals surface area (Å²) in [7, 11) is 1.28. The second-order valence-corrected chi connectivity index (χ2v) is 8.21. The van der Waals surface area contributed by atoms with E-state index in [9.17, 15) is 14.4 Å². The highest BCUT2D eigenvalue weighted by atomic mass is 32.2. The number of amides is 2. The Kier molecular flexibility index (Phi) is 5.22. The number of carbonyl (C=O) groups excluding carboxylic acids is 3. The molecule has 0 spiro atoms. The summed E-state index contributed by atoms with van der Waals surface area (Å²) < 4.78 is 15.9. The number of hydrogen-bond donors (Lipinski definition) is 1. The zero-order valence-corrected chi connectivity index (χ0v) is 16.1. The molecule has 0 aromatic carbocycles. The number of ether oxygens (including phenoxy) is 3. The fourth-order valence-corrected chi connectivity index (χ4v) is 5.24. The zero-order chi connectivity index (χ0) is 19.0. The van der Waals surface area contributed by atoms with Crippen molar-refractivity contribution < 1.29 is 28.6 Å². The van der Waals surface area contributed by atoms with E-state index in [0.29, 0.717) is 18.8 Å². The molecule has 0 saturated carbocycles. The Hall–Kier alpha value is -1.88. The molecule has 3 aliphatic heterocycles. The van der Waals surface area contributed by atoms with Gasteiger partial charge in [-0.05, 0) is 16.9 Å². The van der Waals surface area contributed by atoms with Gasteiger partial charge in [0.05, 0.1) is 26.7 Å². The number of carbonyl (C=O) groups is 3. The Bertz CT molecular complexity index is 774. The molecular formula is C17H18N2O6S2. The quantitative estimate of drug-likeness (QED) is 0.558. The fraction of sp³-hybridized carbons (Fsp3) is 0.471. The van der Waals surface area contributed by atoms with E-state index in [1.54, 1.807) is 5.41 Å². The van der Waals surface area contributed by atoms with Gasteiger partial charge >= 0.3 is 5.97 Å². The van der Waals surface area contributed by atoms with Crippen LogP contribution in [0.2, 0.25) is 0 Å². The van der Waals surface area contributed by atoms with Crippen LogP contribution in [0.1, 0.15) is 4.88 Å². The number of hydrogen-bond acceptors (Lipinski definition) is 8. The topological polar surface area (TPSA) is 94.2 Å². The third-order valence-electron chi connectivity index (χ3n) is 4.57. The van der Waals surface area contributed by atoms with Crippen molar-refractivity contribution in [2.75, 3.05) is 20.3 Å². The van der Waals surface area contributed by atoms with Crippen LogP contribution in [0.3, 0.4) is 0 Å². The van der Waals surface area contributed by atoms with Crippen LogP contribution in [0.5, 0.6) is 0 Å². The van der Waals surface area contributed by atoms with Gasteiger partial charge in [-0.25, -0.2) is 4.79 Å². The number of nitrogens with one attached hydrogen (secondary N) is 1. The predicted molar refractivity (Wildman–Crippen MR) is 97.8 cm³/mol. The molecule has 144 valence electrons. The lowest BCUT2D eigenvalue weighted by atomic mass is 9.97. The van der Waals surface area contributed by atoms with Crippen LogP contribution in [0.15, 0.2) is 28.5 Å². The van der Waals surface area contributed by atoms with Crippen LogP contribution in [0.25, 0.3) is 0 Å². The number of methoxy groups -OCH3 is 1. The van der Waals surface area contributed by atoms with Gasteiger partial charge in [0, 0.05) is 10.5 Å². The van der Waals surface area contributed by atoms with Crippen LogP contribution < -0.4 is 5.32 Å². The van der Waals surface area contributed by atoms with Crippen LogP contribution in [0.4, 0.5) is 0 Å². The lowest BCUT2D eigenvalue weighted by Crippen LogP contribution is -2.74. The first-order valence-corrected chi connectivity index (χ1v) is 10.2. The molecule has 8 nitrogen and oxygen atoms in total. The van der Waals surface area contributed by atoms with Crippen LogP contribution in [0, 0.1) is 0 Å². The highest BCUT2D eigenvalue weighted by molar-refractivity contribution is 8.03. The molecule has 4 rings (SSSR count). The second-order valence-electron chi connectivity index (χ2n) is 6.19. The molecule has 4 heterocycles. The SMILES string of the molecule is COC(=O)C1C(C2OCCO2)=CS[C@@H]2C(NC(=O)Cc3cccs3)C(=O)N12. The summed E-state index contributed by atoms with van der Waals surface area (Å²) in [5.74, 6) is -1.09. The van der Waals surface area contributed by atoms with Crippen molar-refractivity contribution in [3.05, 3.63) is 33.4 Å². The number of nitrogens with zero attached hydrogens (tertiary/aromatic N) is 1. The molecule has 1 aromatic rings. The second kappa shape index (κ2) is 7.63. The molecule has 2 unspecified atom stereocenters. The zero-order valence-electron chi connectivity index (χ0n) is 14.5. The average molecular weight is 410 g/mol. The molecule has 27 heavy (non-hydrogen) atoms. The van der Waals surface area contributed by atoms with Crippen molar-refractivity contribution in [1.82, 2.24) is 10.2 Å². The highest BCUT2D eigenvalue weighted by Crippen LogP contribution is 2.42. The minimum atomic E-state index is -0.901. The third-order valence-corrected chi connectivity index (χ3v) is 6.63. The van der Waals surface area contributed by atoms with Gasteiger partial charge in [0.1, 0.15) is 11.4 Å². The molecule has 0 aliphatic carbocycles. The first-order valence-electron chi connectivity index (χ1n) is 8.40. The van der Waals surface area contributed by atoms with E-state index < -0.39 is 24.3 Å². The molecule has 0 bridgehead atoms. The van der Waals surface area contributed by atoms with Crippen LogP contribution in [-0.4, -0.2) is 66.8 Å². The summed E-state index contributed by atoms with van der Waals surface area (Å²) in [4.78, 5) is 39.7. The van der Waals surface area contributed by atoms with Gasteiger partial charge in [-0.2, -0.15) is 0 Å². The molecule has 3 aliphatic rings. The van der Waals surface area contributed by atoms with Crippen molar-refractivity contribution in [3.8, 4) is 0 Å². The maximum Gasteiger partial charge on any atom is 0.333 e. The van der Waals surface area contributed by atoms with E-state index in [2.05, 4.69) is 5.32 Å². The number of β-lactam (4-membered cyclic amide) rings is 1. The van der Waals surface area contributed by atoms with Gasteiger partial charge in [0.2, 0.25) is 11.8 Å². The summed E-state index contributed by atoms with van der Waals surface area (Å²) in [5, 5.41) is 6.10. The first-order chi connectivity index (χ1) is 13.1. The van der Waals surface area contributed by atoms with Gasteiger partial charge in [-0.15, -0.1) is 23.1 Å². The Labute approximate surface area is 163 Å².